The molecule has 272 valence electrons. The second-order valence-electron chi connectivity index (χ2n) is 14.2. The van der Waals surface area contributed by atoms with Gasteiger partial charge >= 0.3 is 0 Å². The summed E-state index contributed by atoms with van der Waals surface area (Å²) in [5, 5.41) is 25.4. The number of nitrogens with two attached hydrogens (primary N) is 1. The third kappa shape index (κ3) is 7.08. The zero-order valence-electron chi connectivity index (χ0n) is 28.7. The number of nitrogens with zero attached hydrogens (tertiary/aromatic N) is 5. The Morgan fingerprint density at radius 2 is 0.942 bits per heavy atom. The molecule has 12 heteroatoms. The van der Waals surface area contributed by atoms with E-state index in [1.807, 2.05) is 4.90 Å². The van der Waals surface area contributed by atoms with Crippen LogP contribution < -0.4 is 15.5 Å². The van der Waals surface area contributed by atoms with Crippen LogP contribution in [0.1, 0.15) is 60.8 Å². The molecular weight excluding hydrogens is 672 g/mol. The van der Waals surface area contributed by atoms with Crippen LogP contribution in [-0.2, 0) is 25.7 Å². The summed E-state index contributed by atoms with van der Waals surface area (Å²) in [4.78, 5) is 6.91. The van der Waals surface area contributed by atoms with Gasteiger partial charge in [0, 0.05) is 33.7 Å². The first-order chi connectivity index (χ1) is 25.1. The van der Waals surface area contributed by atoms with Crippen molar-refractivity contribution >= 4 is 22.7 Å². The van der Waals surface area contributed by atoms with Gasteiger partial charge in [-0.2, -0.15) is 0 Å². The van der Waals surface area contributed by atoms with Gasteiger partial charge in [0.2, 0.25) is 0 Å². The Balaban J connectivity index is 0.000000162. The van der Waals surface area contributed by atoms with Crippen molar-refractivity contribution in [3.8, 4) is 0 Å². The molecule has 0 saturated heterocycles. The average molecular weight is 715 g/mol. The van der Waals surface area contributed by atoms with Gasteiger partial charge in [0.15, 0.2) is 0 Å². The first kappa shape index (κ1) is 35.8. The third-order valence-electron chi connectivity index (χ3n) is 11.1. The molecule has 0 amide bonds. The summed E-state index contributed by atoms with van der Waals surface area (Å²) in [5.74, 6) is -1.20. The highest BCUT2D eigenvalue weighted by atomic mass is 19.1. The average Bonchev–Trinajstić information content (AvgIpc) is 3.38. The summed E-state index contributed by atoms with van der Waals surface area (Å²) in [6, 6.07) is 17.4. The van der Waals surface area contributed by atoms with E-state index in [1.54, 1.807) is 36.4 Å². The fourth-order valence-electron chi connectivity index (χ4n) is 8.55. The second kappa shape index (κ2) is 15.2. The maximum Gasteiger partial charge on any atom is 0.123 e. The molecule has 0 bridgehead atoms. The second-order valence-corrected chi connectivity index (χ2v) is 14.2. The SMILES string of the molecule is N[C@H]1CCC[C@@H](N2c3ccc(F)cc3CCc3cc(F)ccc32)[C@@H]1O.[N-]=[N+]=N[C@H]1CCC[C@@H](N2c3ccc(F)cc3CCc3cc(F)ccc32)[C@@H]1O. The maximum absolute atomic E-state index is 13.8. The monoisotopic (exact) mass is 714 g/mol. The third-order valence-corrected chi connectivity index (χ3v) is 11.1. The molecule has 2 fully saturated rings. The van der Waals surface area contributed by atoms with Gasteiger partial charge in [-0.1, -0.05) is 11.5 Å². The predicted molar refractivity (Wildman–Crippen MR) is 193 cm³/mol. The molecule has 2 aliphatic heterocycles. The molecular formula is C40H42F4N6O2. The number of azide groups is 1. The number of hydrogen-bond donors (Lipinski definition) is 3. The number of anilines is 4. The Morgan fingerprint density at radius 1 is 0.577 bits per heavy atom. The molecule has 4 aliphatic rings. The highest BCUT2D eigenvalue weighted by Crippen LogP contribution is 2.43. The van der Waals surface area contributed by atoms with E-state index < -0.39 is 18.2 Å². The Labute approximate surface area is 300 Å². The van der Waals surface area contributed by atoms with Crippen molar-refractivity contribution in [3.63, 3.8) is 0 Å². The smallest absolute Gasteiger partial charge is 0.123 e. The van der Waals surface area contributed by atoms with Crippen LogP contribution in [0.3, 0.4) is 0 Å². The van der Waals surface area contributed by atoms with Gasteiger partial charge in [0.25, 0.3) is 0 Å². The van der Waals surface area contributed by atoms with Crippen LogP contribution in [0.15, 0.2) is 77.9 Å². The maximum atomic E-state index is 13.8. The predicted octanol–water partition coefficient (Wildman–Crippen LogP) is 8.24. The van der Waals surface area contributed by atoms with Gasteiger partial charge in [-0.3, -0.25) is 0 Å². The minimum atomic E-state index is -0.858. The number of aliphatic hydroxyl groups is 2. The highest BCUT2D eigenvalue weighted by molar-refractivity contribution is 5.73. The van der Waals surface area contributed by atoms with Crippen molar-refractivity contribution in [2.45, 2.75) is 101 Å². The minimum Gasteiger partial charge on any atom is -0.391 e. The van der Waals surface area contributed by atoms with E-state index in [9.17, 15) is 27.8 Å². The number of benzene rings is 4. The number of rotatable bonds is 3. The van der Waals surface area contributed by atoms with Crippen molar-refractivity contribution in [2.75, 3.05) is 9.80 Å². The van der Waals surface area contributed by atoms with Crippen molar-refractivity contribution in [2.24, 2.45) is 10.8 Å². The van der Waals surface area contributed by atoms with Crippen molar-refractivity contribution in [3.05, 3.63) is 129 Å². The first-order valence-corrected chi connectivity index (χ1v) is 18.0. The Morgan fingerprint density at radius 3 is 1.33 bits per heavy atom. The highest BCUT2D eigenvalue weighted by Gasteiger charge is 2.39. The summed E-state index contributed by atoms with van der Waals surface area (Å²) in [7, 11) is 0. The molecule has 2 aliphatic carbocycles. The molecule has 4 aromatic rings. The summed E-state index contributed by atoms with van der Waals surface area (Å²) < 4.78 is 55.3. The van der Waals surface area contributed by atoms with Gasteiger partial charge < -0.3 is 25.7 Å². The van der Waals surface area contributed by atoms with Crippen LogP contribution in [0.25, 0.3) is 10.4 Å². The molecule has 6 atom stereocenters. The van der Waals surface area contributed by atoms with Crippen LogP contribution in [-0.4, -0.2) is 46.6 Å². The molecule has 0 unspecified atom stereocenters. The molecule has 0 aromatic heterocycles. The van der Waals surface area contributed by atoms with Crippen molar-refractivity contribution in [1.82, 2.24) is 0 Å². The van der Waals surface area contributed by atoms with E-state index in [4.69, 9.17) is 11.3 Å². The normalized spacial score (nSPS) is 25.1. The van der Waals surface area contributed by atoms with E-state index in [2.05, 4.69) is 14.9 Å². The molecule has 0 spiro atoms. The lowest BCUT2D eigenvalue weighted by atomic mass is 9.86. The molecule has 4 aromatic carbocycles. The van der Waals surface area contributed by atoms with E-state index in [0.29, 0.717) is 38.5 Å². The number of hydrogen-bond acceptors (Lipinski definition) is 6. The van der Waals surface area contributed by atoms with Crippen molar-refractivity contribution < 1.29 is 27.8 Å². The summed E-state index contributed by atoms with van der Waals surface area (Å²) >= 11 is 0. The van der Waals surface area contributed by atoms with E-state index >= 15 is 0 Å². The molecule has 8 rings (SSSR count). The number of fused-ring (bicyclic) bond motifs is 4. The van der Waals surface area contributed by atoms with Crippen LogP contribution in [0.2, 0.25) is 0 Å². The fourth-order valence-corrected chi connectivity index (χ4v) is 8.55. The zero-order chi connectivity index (χ0) is 36.5. The quantitative estimate of drug-likeness (QED) is 0.0855. The lowest BCUT2D eigenvalue weighted by Crippen LogP contribution is -2.53. The number of halogens is 4. The van der Waals surface area contributed by atoms with Crippen molar-refractivity contribution in [1.29, 1.82) is 0 Å². The first-order valence-electron chi connectivity index (χ1n) is 18.0. The minimum absolute atomic E-state index is 0.199. The number of aryl methyl sites for hydroxylation is 4. The van der Waals surface area contributed by atoms with Crippen LogP contribution in [0.4, 0.5) is 40.3 Å². The molecule has 0 radical (unpaired) electrons. The number of aliphatic hydroxyl groups excluding tert-OH is 2. The van der Waals surface area contributed by atoms with E-state index in [0.717, 1.165) is 70.7 Å². The van der Waals surface area contributed by atoms with Gasteiger partial charge in [-0.25, -0.2) is 17.6 Å². The van der Waals surface area contributed by atoms with Crippen LogP contribution in [0.5, 0.6) is 0 Å². The Bertz CT molecular complexity index is 1880. The largest absolute Gasteiger partial charge is 0.391 e. The van der Waals surface area contributed by atoms with E-state index in [1.165, 1.54) is 36.4 Å². The summed E-state index contributed by atoms with van der Waals surface area (Å²) in [6.07, 6.45) is 5.54. The Kier molecular flexibility index (Phi) is 10.4. The lowest BCUT2D eigenvalue weighted by molar-refractivity contribution is 0.0877. The molecule has 8 nitrogen and oxygen atoms in total. The Hall–Kier alpha value is -4.61. The van der Waals surface area contributed by atoms with Gasteiger partial charge in [0.05, 0.1) is 30.3 Å². The molecule has 2 heterocycles. The topological polar surface area (TPSA) is 122 Å². The summed E-state index contributed by atoms with van der Waals surface area (Å²) in [5.41, 5.74) is 21.7. The van der Waals surface area contributed by atoms with E-state index in [-0.39, 0.29) is 41.4 Å². The molecule has 4 N–H and O–H groups in total. The van der Waals surface area contributed by atoms with Gasteiger partial charge in [0.1, 0.15) is 23.3 Å². The molecule has 52 heavy (non-hydrogen) atoms. The summed E-state index contributed by atoms with van der Waals surface area (Å²) in [6.45, 7) is 0. The zero-order valence-corrected chi connectivity index (χ0v) is 28.7. The molecule has 2 saturated carbocycles. The lowest BCUT2D eigenvalue weighted by Gasteiger charge is -2.42. The van der Waals surface area contributed by atoms with Crippen LogP contribution >= 0.6 is 0 Å². The standard InChI is InChI=1S/C20H20F2N4O.C20H22F2N2O/c21-14-6-8-17-12(10-14)4-5-13-11-15(22)7-9-18(13)26(17)19-3-1-2-16(20(19)27)24-25-23;21-14-6-8-17-12(10-14)4-5-13-11-15(22)7-9-18(13)24(17)19-3-1-2-16(23)20(19)25/h6-11,16,19-20,27H,1-5H2;6-11,16,19-20,25H,1-5,23H2/t2*16-,19+,20+/m00/s1. The van der Waals surface area contributed by atoms with Gasteiger partial charge in [-0.15, -0.1) is 0 Å². The van der Waals surface area contributed by atoms with Crippen LogP contribution in [0, 0.1) is 23.3 Å². The van der Waals surface area contributed by atoms with Gasteiger partial charge in [-0.05, 0) is 158 Å². The fraction of sp³-hybridized carbons (Fsp3) is 0.400.